The van der Waals surface area contributed by atoms with Crippen molar-refractivity contribution in [3.63, 3.8) is 0 Å². The van der Waals surface area contributed by atoms with Gasteiger partial charge in [-0.1, -0.05) is 18.9 Å². The molecule has 2 rings (SSSR count). The first-order valence-electron chi connectivity index (χ1n) is 8.40. The van der Waals surface area contributed by atoms with Crippen LogP contribution in [0.3, 0.4) is 0 Å². The molecular formula is C18H27F2NO3S. The van der Waals surface area contributed by atoms with E-state index in [4.69, 9.17) is 4.74 Å². The Kier molecular flexibility index (Phi) is 10.7. The molecule has 0 radical (unpaired) electrons. The van der Waals surface area contributed by atoms with Crippen molar-refractivity contribution in [1.29, 1.82) is 0 Å². The lowest BCUT2D eigenvalue weighted by atomic mass is 10.0. The molecule has 0 atom stereocenters. The van der Waals surface area contributed by atoms with Gasteiger partial charge in [-0.15, -0.1) is 0 Å². The van der Waals surface area contributed by atoms with E-state index in [1.807, 2.05) is 10.6 Å². The number of rotatable bonds is 6. The summed E-state index contributed by atoms with van der Waals surface area (Å²) in [6.45, 7) is 4.76. The van der Waals surface area contributed by atoms with Crippen molar-refractivity contribution in [2.45, 2.75) is 32.7 Å². The van der Waals surface area contributed by atoms with Crippen LogP contribution in [0.4, 0.5) is 8.78 Å². The van der Waals surface area contributed by atoms with Gasteiger partial charge in [0.25, 0.3) is 0 Å². The molecule has 1 heterocycles. The van der Waals surface area contributed by atoms with Crippen LogP contribution in [0.1, 0.15) is 31.7 Å². The number of methoxy groups -OCH3 is 1. The fourth-order valence-corrected chi connectivity index (χ4v) is 3.07. The van der Waals surface area contributed by atoms with Gasteiger partial charge in [-0.3, -0.25) is 4.79 Å². The van der Waals surface area contributed by atoms with Gasteiger partial charge in [-0.05, 0) is 43.7 Å². The largest absolute Gasteiger partial charge is 0.469 e. The molecule has 0 spiro atoms. The highest BCUT2D eigenvalue weighted by atomic mass is 32.2. The number of hydrogen-bond acceptors (Lipinski definition) is 5. The number of carbonyl (C=O) groups is 1. The Labute approximate surface area is 153 Å². The van der Waals surface area contributed by atoms with Crippen molar-refractivity contribution in [2.75, 3.05) is 33.1 Å². The molecule has 0 bridgehead atoms. The Balaban J connectivity index is 0.000000271. The third kappa shape index (κ3) is 8.16. The van der Waals surface area contributed by atoms with Crippen molar-refractivity contribution >= 4 is 17.9 Å². The standard InChI is InChI=1S/C11H15F2NS.C7H12O3/c1-3-6-14(15-2)8-9-7-10(12)4-5-11(9)13;1-9-7(8)6-2-4-10-5-3-6/h4-5,7H,3,6,8H2,1-2H3;6H,2-5H2,1H3. The van der Waals surface area contributed by atoms with Crippen LogP contribution < -0.4 is 0 Å². The number of nitrogens with zero attached hydrogens (tertiary/aromatic N) is 1. The molecule has 0 saturated carbocycles. The van der Waals surface area contributed by atoms with Crippen molar-refractivity contribution in [3.05, 3.63) is 35.4 Å². The second-order valence-corrected chi connectivity index (χ2v) is 6.57. The van der Waals surface area contributed by atoms with Crippen LogP contribution in [-0.4, -0.2) is 43.4 Å². The van der Waals surface area contributed by atoms with Gasteiger partial charge in [0.1, 0.15) is 11.6 Å². The molecule has 1 aromatic rings. The zero-order valence-electron chi connectivity index (χ0n) is 15.1. The molecule has 4 nitrogen and oxygen atoms in total. The van der Waals surface area contributed by atoms with Crippen LogP contribution in [-0.2, 0) is 20.8 Å². The maximum absolute atomic E-state index is 13.3. The van der Waals surface area contributed by atoms with Gasteiger partial charge < -0.3 is 9.47 Å². The summed E-state index contributed by atoms with van der Waals surface area (Å²) in [4.78, 5) is 10.9. The highest BCUT2D eigenvalue weighted by Gasteiger charge is 2.21. The molecule has 0 aliphatic carbocycles. The smallest absolute Gasteiger partial charge is 0.308 e. The molecular weight excluding hydrogens is 348 g/mol. The second kappa shape index (κ2) is 12.2. The van der Waals surface area contributed by atoms with Gasteiger partial charge in [0, 0.05) is 31.9 Å². The Morgan fingerprint density at radius 3 is 2.60 bits per heavy atom. The average molecular weight is 375 g/mol. The molecule has 1 aliphatic heterocycles. The molecule has 0 N–H and O–H groups in total. The lowest BCUT2D eigenvalue weighted by Crippen LogP contribution is -2.24. The van der Waals surface area contributed by atoms with Crippen molar-refractivity contribution in [2.24, 2.45) is 5.92 Å². The fraction of sp³-hybridized carbons (Fsp3) is 0.611. The summed E-state index contributed by atoms with van der Waals surface area (Å²) >= 11 is 1.55. The van der Waals surface area contributed by atoms with Crippen molar-refractivity contribution in [1.82, 2.24) is 4.31 Å². The van der Waals surface area contributed by atoms with E-state index in [0.29, 0.717) is 25.3 Å². The topological polar surface area (TPSA) is 38.8 Å². The summed E-state index contributed by atoms with van der Waals surface area (Å²) in [5, 5.41) is 0. The van der Waals surface area contributed by atoms with E-state index in [1.54, 1.807) is 11.9 Å². The predicted octanol–water partition coefficient (Wildman–Crippen LogP) is 4.04. The summed E-state index contributed by atoms with van der Waals surface area (Å²) in [5.41, 5.74) is 0.415. The maximum atomic E-state index is 13.3. The molecule has 1 saturated heterocycles. The molecule has 1 aliphatic rings. The summed E-state index contributed by atoms with van der Waals surface area (Å²) in [6, 6.07) is 3.57. The first kappa shape index (κ1) is 21.9. The highest BCUT2D eigenvalue weighted by Crippen LogP contribution is 2.17. The quantitative estimate of drug-likeness (QED) is 0.554. The summed E-state index contributed by atoms with van der Waals surface area (Å²) in [6.07, 6.45) is 4.56. The highest BCUT2D eigenvalue weighted by molar-refractivity contribution is 7.96. The van der Waals surface area contributed by atoms with E-state index < -0.39 is 0 Å². The minimum absolute atomic E-state index is 0.0822. The Morgan fingerprint density at radius 1 is 1.36 bits per heavy atom. The molecule has 7 heteroatoms. The third-order valence-electron chi connectivity index (χ3n) is 3.84. The van der Waals surface area contributed by atoms with E-state index >= 15 is 0 Å². The number of benzene rings is 1. The second-order valence-electron chi connectivity index (χ2n) is 5.69. The molecule has 25 heavy (non-hydrogen) atoms. The van der Waals surface area contributed by atoms with Crippen LogP contribution in [0.25, 0.3) is 0 Å². The Hall–Kier alpha value is -1.18. The fourth-order valence-electron chi connectivity index (χ4n) is 2.44. The Bertz CT molecular complexity index is 525. The monoisotopic (exact) mass is 375 g/mol. The molecule has 0 aromatic heterocycles. The first-order valence-corrected chi connectivity index (χ1v) is 9.58. The van der Waals surface area contributed by atoms with E-state index in [2.05, 4.69) is 11.7 Å². The van der Waals surface area contributed by atoms with Crippen molar-refractivity contribution in [3.8, 4) is 0 Å². The van der Waals surface area contributed by atoms with Gasteiger partial charge in [-0.2, -0.15) is 0 Å². The Morgan fingerprint density at radius 2 is 2.04 bits per heavy atom. The summed E-state index contributed by atoms with van der Waals surface area (Å²) < 4.78 is 37.9. The zero-order chi connectivity index (χ0) is 18.7. The number of ether oxygens (including phenoxy) is 2. The number of halogens is 2. The normalized spacial score (nSPS) is 14.8. The van der Waals surface area contributed by atoms with E-state index in [-0.39, 0.29) is 23.5 Å². The first-order chi connectivity index (χ1) is 12.0. The van der Waals surface area contributed by atoms with Gasteiger partial charge in [0.2, 0.25) is 0 Å². The molecule has 0 amide bonds. The average Bonchev–Trinajstić information content (AvgIpc) is 2.64. The maximum Gasteiger partial charge on any atom is 0.308 e. The van der Waals surface area contributed by atoms with Crippen LogP contribution in [0.2, 0.25) is 0 Å². The van der Waals surface area contributed by atoms with E-state index in [1.165, 1.54) is 19.2 Å². The summed E-state index contributed by atoms with van der Waals surface area (Å²) in [5.74, 6) is -0.738. The lowest BCUT2D eigenvalue weighted by molar-refractivity contribution is -0.148. The van der Waals surface area contributed by atoms with E-state index in [9.17, 15) is 13.6 Å². The van der Waals surface area contributed by atoms with E-state index in [0.717, 1.165) is 31.9 Å². The van der Waals surface area contributed by atoms with Crippen LogP contribution in [0.5, 0.6) is 0 Å². The predicted molar refractivity (Wildman–Crippen MR) is 96.1 cm³/mol. The van der Waals surface area contributed by atoms with Crippen LogP contribution >= 0.6 is 11.9 Å². The molecule has 0 unspecified atom stereocenters. The number of hydrogen-bond donors (Lipinski definition) is 0. The number of esters is 1. The van der Waals surface area contributed by atoms with Gasteiger partial charge >= 0.3 is 5.97 Å². The minimum Gasteiger partial charge on any atom is -0.469 e. The SMILES string of the molecule is CCCN(Cc1cc(F)ccc1F)SC.COC(=O)C1CCOCC1. The van der Waals surface area contributed by atoms with Gasteiger partial charge in [0.05, 0.1) is 13.0 Å². The van der Waals surface area contributed by atoms with Crippen LogP contribution in [0.15, 0.2) is 18.2 Å². The van der Waals surface area contributed by atoms with Crippen LogP contribution in [0, 0.1) is 17.6 Å². The lowest BCUT2D eigenvalue weighted by Gasteiger charge is -2.19. The molecule has 1 aromatic carbocycles. The summed E-state index contributed by atoms with van der Waals surface area (Å²) in [7, 11) is 1.43. The minimum atomic E-state index is -0.385. The third-order valence-corrected chi connectivity index (χ3v) is 4.67. The zero-order valence-corrected chi connectivity index (χ0v) is 15.9. The molecule has 1 fully saturated rings. The van der Waals surface area contributed by atoms with Crippen molar-refractivity contribution < 1.29 is 23.0 Å². The van der Waals surface area contributed by atoms with Gasteiger partial charge in [-0.25, -0.2) is 13.1 Å². The number of carbonyl (C=O) groups excluding carboxylic acids is 1. The van der Waals surface area contributed by atoms with Gasteiger partial charge in [0.15, 0.2) is 0 Å². The molecule has 142 valence electrons.